The average Bonchev–Trinajstić information content (AvgIpc) is 3.16. The van der Waals surface area contributed by atoms with Crippen LogP contribution in [0.25, 0.3) is 0 Å². The standard InChI is InChI=1S/C19H20Cl3O2.Y/c20-17-6-2-1-4-13(17)7-8-15-16(19(22)10-18(15)21)12-23-11-14-5-3-9-24-14;/h1-6,15-16,18-19H,7-8,10-12H2;/q-1;/t15-,16-,18?,19?;/m1./s1. The van der Waals surface area contributed by atoms with Gasteiger partial charge in [-0.05, 0) is 48.8 Å². The van der Waals surface area contributed by atoms with Crippen molar-refractivity contribution in [2.24, 2.45) is 11.8 Å². The summed E-state index contributed by atoms with van der Waals surface area (Å²) in [5.41, 5.74) is 1.16. The maximum atomic E-state index is 6.56. The summed E-state index contributed by atoms with van der Waals surface area (Å²) in [6, 6.07) is 11.5. The van der Waals surface area contributed by atoms with Crippen LogP contribution < -0.4 is 0 Å². The molecule has 0 amide bonds. The molecule has 0 saturated heterocycles. The van der Waals surface area contributed by atoms with Gasteiger partial charge in [0.25, 0.3) is 0 Å². The number of halogens is 3. The van der Waals surface area contributed by atoms with E-state index in [1.165, 1.54) is 0 Å². The topological polar surface area (TPSA) is 22.4 Å². The molecular weight excluding hydrogens is 455 g/mol. The van der Waals surface area contributed by atoms with E-state index in [-0.39, 0.29) is 49.4 Å². The Hall–Kier alpha value is 0.434. The second kappa shape index (κ2) is 10.7. The van der Waals surface area contributed by atoms with Crippen LogP contribution in [-0.4, -0.2) is 17.4 Å². The Kier molecular flexibility index (Phi) is 9.29. The van der Waals surface area contributed by atoms with Crippen molar-refractivity contribution in [1.82, 2.24) is 0 Å². The van der Waals surface area contributed by atoms with Gasteiger partial charge in [-0.25, -0.2) is 0 Å². The zero-order valence-corrected chi connectivity index (χ0v) is 18.9. The first kappa shape index (κ1) is 21.7. The van der Waals surface area contributed by atoms with Gasteiger partial charge in [-0.2, -0.15) is 6.07 Å². The minimum absolute atomic E-state index is 0. The number of aryl methyl sites for hydroxylation is 1. The summed E-state index contributed by atoms with van der Waals surface area (Å²) in [5.74, 6) is 1.35. The van der Waals surface area contributed by atoms with E-state index >= 15 is 0 Å². The number of alkyl halides is 2. The molecule has 1 aliphatic rings. The molecule has 2 nitrogen and oxygen atoms in total. The molecule has 133 valence electrons. The fraction of sp³-hybridized carbons (Fsp3) is 0.474. The van der Waals surface area contributed by atoms with Gasteiger partial charge in [-0.3, -0.25) is 0 Å². The molecule has 1 radical (unpaired) electrons. The van der Waals surface area contributed by atoms with Crippen LogP contribution in [-0.2, 0) is 50.5 Å². The molecule has 1 aromatic carbocycles. The van der Waals surface area contributed by atoms with Crippen LogP contribution in [0.15, 0.2) is 40.8 Å². The third-order valence-corrected chi connectivity index (χ3v) is 6.09. The van der Waals surface area contributed by atoms with Gasteiger partial charge in [0.1, 0.15) is 0 Å². The minimum atomic E-state index is 0. The first-order valence-corrected chi connectivity index (χ1v) is 9.44. The number of benzene rings is 1. The molecule has 2 unspecified atom stereocenters. The Morgan fingerprint density at radius 3 is 2.60 bits per heavy atom. The quantitative estimate of drug-likeness (QED) is 0.377. The number of furan rings is 1. The maximum absolute atomic E-state index is 6.56. The van der Waals surface area contributed by atoms with E-state index < -0.39 is 0 Å². The van der Waals surface area contributed by atoms with E-state index in [2.05, 4.69) is 12.3 Å². The molecule has 3 rings (SSSR count). The molecule has 1 fully saturated rings. The minimum Gasteiger partial charge on any atom is -0.593 e. The second-order valence-electron chi connectivity index (χ2n) is 6.26. The van der Waals surface area contributed by atoms with Gasteiger partial charge in [-0.1, -0.05) is 29.8 Å². The fourth-order valence-electron chi connectivity index (χ4n) is 3.39. The molecule has 2 aromatic rings. The normalized spacial score (nSPS) is 25.7. The average molecular weight is 476 g/mol. The van der Waals surface area contributed by atoms with E-state index in [1.807, 2.05) is 24.3 Å². The summed E-state index contributed by atoms with van der Waals surface area (Å²) >= 11 is 19.3. The first-order valence-electron chi connectivity index (χ1n) is 8.19. The monoisotopic (exact) mass is 474 g/mol. The van der Waals surface area contributed by atoms with Crippen molar-refractivity contribution in [1.29, 1.82) is 0 Å². The number of hydrogen-bond donors (Lipinski definition) is 0. The molecule has 4 atom stereocenters. The van der Waals surface area contributed by atoms with Crippen LogP contribution in [0.5, 0.6) is 0 Å². The first-order chi connectivity index (χ1) is 11.6. The fourth-order valence-corrected chi connectivity index (χ4v) is 4.67. The molecule has 1 saturated carbocycles. The van der Waals surface area contributed by atoms with Gasteiger partial charge < -0.3 is 9.15 Å². The zero-order valence-electron chi connectivity index (χ0n) is 13.8. The summed E-state index contributed by atoms with van der Waals surface area (Å²) in [7, 11) is 0. The van der Waals surface area contributed by atoms with E-state index in [1.54, 1.807) is 6.07 Å². The Morgan fingerprint density at radius 2 is 1.88 bits per heavy atom. The summed E-state index contributed by atoms with van der Waals surface area (Å²) < 4.78 is 11.0. The molecule has 6 heteroatoms. The zero-order chi connectivity index (χ0) is 16.9. The van der Waals surface area contributed by atoms with Crippen molar-refractivity contribution in [3.05, 3.63) is 59.0 Å². The van der Waals surface area contributed by atoms with Crippen molar-refractivity contribution >= 4 is 34.8 Å². The molecule has 0 N–H and O–H groups in total. The maximum Gasteiger partial charge on any atom is 0.0502 e. The van der Waals surface area contributed by atoms with Crippen LogP contribution in [0.4, 0.5) is 0 Å². The van der Waals surface area contributed by atoms with Crippen molar-refractivity contribution in [2.45, 2.75) is 36.6 Å². The van der Waals surface area contributed by atoms with Crippen LogP contribution in [0.1, 0.15) is 24.2 Å². The summed E-state index contributed by atoms with van der Waals surface area (Å²) in [4.78, 5) is 0. The third kappa shape index (κ3) is 5.96. The predicted molar refractivity (Wildman–Crippen MR) is 97.9 cm³/mol. The summed E-state index contributed by atoms with van der Waals surface area (Å²) in [5, 5.41) is 0.943. The largest absolute Gasteiger partial charge is 0.593 e. The van der Waals surface area contributed by atoms with Crippen molar-refractivity contribution in [3.8, 4) is 0 Å². The molecule has 1 heterocycles. The van der Waals surface area contributed by atoms with Gasteiger partial charge in [0.15, 0.2) is 0 Å². The van der Waals surface area contributed by atoms with Crippen molar-refractivity contribution in [2.75, 3.05) is 6.61 Å². The van der Waals surface area contributed by atoms with Crippen molar-refractivity contribution in [3.63, 3.8) is 0 Å². The van der Waals surface area contributed by atoms with Gasteiger partial charge in [0.2, 0.25) is 0 Å². The van der Waals surface area contributed by atoms with E-state index in [9.17, 15) is 0 Å². The number of ether oxygens (including phenoxy) is 1. The van der Waals surface area contributed by atoms with Gasteiger partial charge in [0.05, 0.1) is 6.61 Å². The molecule has 1 aliphatic carbocycles. The molecular formula is C19H20Cl3O2Y-. The SMILES string of the molecule is Clc1ccccc1CC[C@H]1C(Cl)CC(Cl)[C@@H]1COCc1cc[c-]o1.[Y]. The Balaban J connectivity index is 0.00000225. The summed E-state index contributed by atoms with van der Waals surface area (Å²) in [6.45, 7) is 1.03. The van der Waals surface area contributed by atoms with Gasteiger partial charge >= 0.3 is 0 Å². The van der Waals surface area contributed by atoms with E-state index in [0.717, 1.165) is 35.6 Å². The summed E-state index contributed by atoms with van der Waals surface area (Å²) in [6.07, 6.45) is 5.35. The smallest absolute Gasteiger partial charge is 0.0502 e. The second-order valence-corrected chi connectivity index (χ2v) is 7.79. The van der Waals surface area contributed by atoms with Crippen LogP contribution in [0, 0.1) is 18.1 Å². The molecule has 25 heavy (non-hydrogen) atoms. The molecule has 0 aliphatic heterocycles. The third-order valence-electron chi connectivity index (χ3n) is 4.72. The van der Waals surface area contributed by atoms with Gasteiger partial charge in [-0.15, -0.1) is 29.3 Å². The molecule has 0 bridgehead atoms. The van der Waals surface area contributed by atoms with Crippen LogP contribution >= 0.6 is 34.8 Å². The van der Waals surface area contributed by atoms with Crippen LogP contribution in [0.3, 0.4) is 0 Å². The Labute approximate surface area is 189 Å². The van der Waals surface area contributed by atoms with E-state index in [4.69, 9.17) is 44.0 Å². The molecule has 0 spiro atoms. The van der Waals surface area contributed by atoms with Crippen molar-refractivity contribution < 1.29 is 41.9 Å². The van der Waals surface area contributed by atoms with Gasteiger partial charge in [0, 0.05) is 61.0 Å². The number of hydrogen-bond acceptors (Lipinski definition) is 2. The number of rotatable bonds is 7. The molecule has 1 aromatic heterocycles. The van der Waals surface area contributed by atoms with Crippen LogP contribution in [0.2, 0.25) is 5.02 Å². The Morgan fingerprint density at radius 1 is 1.12 bits per heavy atom. The predicted octanol–water partition coefficient (Wildman–Crippen LogP) is 5.73. The Bertz CT molecular complexity index is 635. The van der Waals surface area contributed by atoms with E-state index in [0.29, 0.717) is 19.1 Å².